The summed E-state index contributed by atoms with van der Waals surface area (Å²) in [6.07, 6.45) is 0.927. The first-order chi connectivity index (χ1) is 14.2. The number of ketones is 1. The summed E-state index contributed by atoms with van der Waals surface area (Å²) in [5.74, 6) is 0.791. The van der Waals surface area contributed by atoms with Crippen molar-refractivity contribution in [1.29, 1.82) is 0 Å². The van der Waals surface area contributed by atoms with Crippen LogP contribution in [0.1, 0.15) is 45.1 Å². The Hall–Kier alpha value is -1.99. The first kappa shape index (κ1) is 20.3. The third-order valence-corrected chi connectivity index (χ3v) is 7.18. The summed E-state index contributed by atoms with van der Waals surface area (Å²) < 4.78 is 5.77. The summed E-state index contributed by atoms with van der Waals surface area (Å²) in [5.41, 5.74) is 2.06. The molecule has 0 aliphatic carbocycles. The number of aliphatic hydroxyl groups is 1. The average molecular weight is 428 g/mol. The van der Waals surface area contributed by atoms with Gasteiger partial charge in [0.05, 0.1) is 6.04 Å². The Labute approximate surface area is 179 Å². The van der Waals surface area contributed by atoms with Crippen LogP contribution in [0.3, 0.4) is 0 Å². The number of aliphatic hydroxyl groups excluding tert-OH is 1. The smallest absolute Gasteiger partial charge is 0.162 e. The number of β-amino-alcohol motifs (C(OH)–C–C–N with tert-alkyl or cyclic N) is 1. The zero-order valence-corrected chi connectivity index (χ0v) is 18.0. The Kier molecular flexibility index (Phi) is 6.45. The molecule has 0 fully saturated rings. The molecule has 152 valence electrons. The number of ether oxygens (including phenoxy) is 1. The highest BCUT2D eigenvalue weighted by molar-refractivity contribution is 7.10. The predicted molar refractivity (Wildman–Crippen MR) is 118 cm³/mol. The lowest BCUT2D eigenvalue weighted by Gasteiger charge is -2.36. The van der Waals surface area contributed by atoms with Crippen molar-refractivity contribution in [2.75, 3.05) is 19.7 Å². The van der Waals surface area contributed by atoms with E-state index in [-0.39, 0.29) is 18.4 Å². The van der Waals surface area contributed by atoms with E-state index in [9.17, 15) is 9.90 Å². The molecule has 1 aliphatic rings. The molecular weight excluding hydrogens is 402 g/mol. The van der Waals surface area contributed by atoms with E-state index in [2.05, 4.69) is 33.9 Å². The molecule has 1 aromatic carbocycles. The van der Waals surface area contributed by atoms with E-state index in [4.69, 9.17) is 4.74 Å². The molecule has 29 heavy (non-hydrogen) atoms. The van der Waals surface area contributed by atoms with Crippen LogP contribution in [0, 0.1) is 0 Å². The SMILES string of the molecule is CCC(=O)c1ccc(OCC(O)CN2CCc3sccc3C2c2cccs2)cc1. The summed E-state index contributed by atoms with van der Waals surface area (Å²) >= 11 is 3.59. The maximum atomic E-state index is 11.7. The van der Waals surface area contributed by atoms with Crippen molar-refractivity contribution in [2.45, 2.75) is 31.9 Å². The molecule has 2 aromatic heterocycles. The fourth-order valence-corrected chi connectivity index (χ4v) is 5.58. The fraction of sp³-hybridized carbons (Fsp3) is 0.348. The van der Waals surface area contributed by atoms with Crippen LogP contribution in [0.4, 0.5) is 0 Å². The first-order valence-electron chi connectivity index (χ1n) is 9.93. The number of Topliss-reactive ketones (excluding diaryl/α,β-unsaturated/α-hetero) is 1. The van der Waals surface area contributed by atoms with Crippen LogP contribution in [0.2, 0.25) is 0 Å². The second-order valence-electron chi connectivity index (χ2n) is 7.23. The maximum absolute atomic E-state index is 11.7. The van der Waals surface area contributed by atoms with Gasteiger partial charge in [-0.25, -0.2) is 0 Å². The maximum Gasteiger partial charge on any atom is 0.162 e. The van der Waals surface area contributed by atoms with Gasteiger partial charge in [0.2, 0.25) is 0 Å². The Bertz CT molecular complexity index is 933. The number of hydrogen-bond donors (Lipinski definition) is 1. The molecule has 4 nitrogen and oxygen atoms in total. The second-order valence-corrected chi connectivity index (χ2v) is 9.21. The van der Waals surface area contributed by atoms with Gasteiger partial charge >= 0.3 is 0 Å². The second kappa shape index (κ2) is 9.22. The fourth-order valence-electron chi connectivity index (χ4n) is 3.80. The molecule has 3 aromatic rings. The third-order valence-electron chi connectivity index (χ3n) is 5.26. The van der Waals surface area contributed by atoms with Crippen molar-refractivity contribution >= 4 is 28.5 Å². The highest BCUT2D eigenvalue weighted by atomic mass is 32.1. The van der Waals surface area contributed by atoms with Crippen LogP contribution >= 0.6 is 22.7 Å². The van der Waals surface area contributed by atoms with Crippen LogP contribution < -0.4 is 4.74 Å². The molecule has 3 heterocycles. The minimum absolute atomic E-state index is 0.120. The lowest BCUT2D eigenvalue weighted by atomic mass is 9.98. The van der Waals surface area contributed by atoms with Crippen LogP contribution in [0.15, 0.2) is 53.2 Å². The number of carbonyl (C=O) groups excluding carboxylic acids is 1. The number of rotatable bonds is 8. The van der Waals surface area contributed by atoms with Gasteiger partial charge in [0.25, 0.3) is 0 Å². The van der Waals surface area contributed by atoms with E-state index in [1.54, 1.807) is 35.6 Å². The highest BCUT2D eigenvalue weighted by Crippen LogP contribution is 2.39. The summed E-state index contributed by atoms with van der Waals surface area (Å²) in [6, 6.07) is 13.8. The lowest BCUT2D eigenvalue weighted by molar-refractivity contribution is 0.0562. The van der Waals surface area contributed by atoms with E-state index in [0.29, 0.717) is 24.3 Å². The number of fused-ring (bicyclic) bond motifs is 1. The highest BCUT2D eigenvalue weighted by Gasteiger charge is 2.31. The number of nitrogens with zero attached hydrogens (tertiary/aromatic N) is 1. The molecule has 0 saturated carbocycles. The molecule has 0 amide bonds. The van der Waals surface area contributed by atoms with Gasteiger partial charge in [-0.3, -0.25) is 9.69 Å². The van der Waals surface area contributed by atoms with Crippen LogP contribution in [0.25, 0.3) is 0 Å². The Balaban J connectivity index is 1.39. The van der Waals surface area contributed by atoms with E-state index < -0.39 is 6.10 Å². The van der Waals surface area contributed by atoms with E-state index in [1.807, 2.05) is 18.3 Å². The molecule has 0 radical (unpaired) electrons. The minimum Gasteiger partial charge on any atom is -0.491 e. The van der Waals surface area contributed by atoms with Gasteiger partial charge in [-0.1, -0.05) is 13.0 Å². The first-order valence-corrected chi connectivity index (χ1v) is 11.7. The molecule has 1 aliphatic heterocycles. The van der Waals surface area contributed by atoms with Crippen LogP contribution in [-0.4, -0.2) is 41.6 Å². The average Bonchev–Trinajstić information content (AvgIpc) is 3.44. The molecule has 2 atom stereocenters. The van der Waals surface area contributed by atoms with Crippen LogP contribution in [0.5, 0.6) is 5.75 Å². The minimum atomic E-state index is -0.588. The molecule has 0 spiro atoms. The quantitative estimate of drug-likeness (QED) is 0.525. The van der Waals surface area contributed by atoms with Gasteiger partial charge in [-0.05, 0) is 59.1 Å². The summed E-state index contributed by atoms with van der Waals surface area (Å²) in [6.45, 7) is 3.57. The summed E-state index contributed by atoms with van der Waals surface area (Å²) in [5, 5.41) is 14.9. The summed E-state index contributed by atoms with van der Waals surface area (Å²) in [4.78, 5) is 16.8. The monoisotopic (exact) mass is 427 g/mol. The topological polar surface area (TPSA) is 49.8 Å². The zero-order chi connectivity index (χ0) is 20.2. The molecule has 0 bridgehead atoms. The number of benzene rings is 1. The van der Waals surface area contributed by atoms with Crippen molar-refractivity contribution in [3.63, 3.8) is 0 Å². The molecule has 2 unspecified atom stereocenters. The zero-order valence-electron chi connectivity index (χ0n) is 16.4. The van der Waals surface area contributed by atoms with Gasteiger partial charge in [-0.15, -0.1) is 22.7 Å². The third kappa shape index (κ3) is 4.61. The molecule has 0 saturated heterocycles. The van der Waals surface area contributed by atoms with E-state index in [1.165, 1.54) is 15.3 Å². The molecular formula is C23H25NO3S2. The molecule has 6 heteroatoms. The van der Waals surface area contributed by atoms with Gasteiger partial charge in [0, 0.05) is 34.8 Å². The lowest BCUT2D eigenvalue weighted by Crippen LogP contribution is -2.41. The van der Waals surface area contributed by atoms with Crippen molar-refractivity contribution in [3.8, 4) is 5.75 Å². The van der Waals surface area contributed by atoms with Crippen LogP contribution in [-0.2, 0) is 6.42 Å². The molecule has 1 N–H and O–H groups in total. The number of carbonyl (C=O) groups is 1. The number of hydrogen-bond acceptors (Lipinski definition) is 6. The van der Waals surface area contributed by atoms with E-state index in [0.717, 1.165) is 13.0 Å². The normalized spacial score (nSPS) is 17.7. The Morgan fingerprint density at radius 3 is 2.76 bits per heavy atom. The molecule has 4 rings (SSSR count). The predicted octanol–water partition coefficient (Wildman–Crippen LogP) is 4.79. The van der Waals surface area contributed by atoms with E-state index >= 15 is 0 Å². The van der Waals surface area contributed by atoms with Crippen molar-refractivity contribution in [1.82, 2.24) is 4.90 Å². The van der Waals surface area contributed by atoms with Gasteiger partial charge < -0.3 is 9.84 Å². The largest absolute Gasteiger partial charge is 0.491 e. The van der Waals surface area contributed by atoms with Crippen molar-refractivity contribution < 1.29 is 14.6 Å². The van der Waals surface area contributed by atoms with Gasteiger partial charge in [-0.2, -0.15) is 0 Å². The Morgan fingerprint density at radius 1 is 1.21 bits per heavy atom. The summed E-state index contributed by atoms with van der Waals surface area (Å²) in [7, 11) is 0. The van der Waals surface area contributed by atoms with Gasteiger partial charge in [0.1, 0.15) is 18.5 Å². The van der Waals surface area contributed by atoms with Gasteiger partial charge in [0.15, 0.2) is 5.78 Å². The standard InChI is InChI=1S/C23H25NO3S2/c1-2-20(26)16-5-7-18(8-6-16)27-15-17(25)14-24-11-9-21-19(10-13-29-21)23(24)22-4-3-12-28-22/h3-8,10,12-13,17,23,25H,2,9,11,14-15H2,1H3. The number of thiophene rings is 2. The Morgan fingerprint density at radius 2 is 2.03 bits per heavy atom. The van der Waals surface area contributed by atoms with Crippen molar-refractivity contribution in [2.24, 2.45) is 0 Å². The van der Waals surface area contributed by atoms with Crippen molar-refractivity contribution in [3.05, 3.63) is 74.1 Å².